The summed E-state index contributed by atoms with van der Waals surface area (Å²) in [6.07, 6.45) is 4.88. The monoisotopic (exact) mass is 224 g/mol. The van der Waals surface area contributed by atoms with Gasteiger partial charge >= 0.3 is 0 Å². The van der Waals surface area contributed by atoms with Crippen LogP contribution in [0.4, 0.5) is 0 Å². The molecule has 0 fully saturated rings. The van der Waals surface area contributed by atoms with E-state index in [9.17, 15) is 4.79 Å². The van der Waals surface area contributed by atoms with Gasteiger partial charge in [-0.3, -0.25) is 4.79 Å². The maximum Gasteiger partial charge on any atom is 0.257 e. The second kappa shape index (κ2) is 6.33. The molecular weight excluding hydrogens is 204 g/mol. The van der Waals surface area contributed by atoms with E-state index in [4.69, 9.17) is 10.2 Å². The van der Waals surface area contributed by atoms with E-state index in [2.05, 4.69) is 13.8 Å². The predicted octanol–water partition coefficient (Wildman–Crippen LogP) is 1.87. The van der Waals surface area contributed by atoms with E-state index < -0.39 is 0 Å². The summed E-state index contributed by atoms with van der Waals surface area (Å²) in [5.41, 5.74) is 6.15. The SMILES string of the molecule is CCC(CC)N(CCN)C(=O)c1ccoc1. The highest BCUT2D eigenvalue weighted by molar-refractivity contribution is 5.94. The van der Waals surface area contributed by atoms with Crippen LogP contribution < -0.4 is 5.73 Å². The third kappa shape index (κ3) is 2.85. The highest BCUT2D eigenvalue weighted by Crippen LogP contribution is 2.13. The molecule has 1 amide bonds. The molecule has 2 N–H and O–H groups in total. The fourth-order valence-corrected chi connectivity index (χ4v) is 1.87. The van der Waals surface area contributed by atoms with Crippen molar-refractivity contribution in [2.45, 2.75) is 32.7 Å². The Morgan fingerprint density at radius 1 is 1.50 bits per heavy atom. The van der Waals surface area contributed by atoms with E-state index >= 15 is 0 Å². The Morgan fingerprint density at radius 3 is 2.62 bits per heavy atom. The van der Waals surface area contributed by atoms with Crippen LogP contribution in [0.15, 0.2) is 23.0 Å². The lowest BCUT2D eigenvalue weighted by Crippen LogP contribution is -2.42. The number of nitrogens with two attached hydrogens (primary N) is 1. The van der Waals surface area contributed by atoms with E-state index in [1.54, 1.807) is 6.07 Å². The summed E-state index contributed by atoms with van der Waals surface area (Å²) in [6.45, 7) is 5.25. The summed E-state index contributed by atoms with van der Waals surface area (Å²) < 4.78 is 4.93. The van der Waals surface area contributed by atoms with Crippen LogP contribution in [-0.4, -0.2) is 29.9 Å². The van der Waals surface area contributed by atoms with Gasteiger partial charge in [-0.2, -0.15) is 0 Å². The van der Waals surface area contributed by atoms with Gasteiger partial charge in [-0.05, 0) is 18.9 Å². The second-order valence-corrected chi connectivity index (χ2v) is 3.77. The summed E-state index contributed by atoms with van der Waals surface area (Å²) in [6, 6.07) is 1.94. The maximum absolute atomic E-state index is 12.2. The van der Waals surface area contributed by atoms with Crippen LogP contribution in [0.3, 0.4) is 0 Å². The fourth-order valence-electron chi connectivity index (χ4n) is 1.87. The van der Waals surface area contributed by atoms with Crippen molar-refractivity contribution in [3.63, 3.8) is 0 Å². The van der Waals surface area contributed by atoms with Gasteiger partial charge in [-0.1, -0.05) is 13.8 Å². The predicted molar refractivity (Wildman–Crippen MR) is 63.2 cm³/mol. The van der Waals surface area contributed by atoms with Crippen LogP contribution in [0.25, 0.3) is 0 Å². The molecule has 4 heteroatoms. The molecule has 0 bridgehead atoms. The Labute approximate surface area is 96.4 Å². The summed E-state index contributed by atoms with van der Waals surface area (Å²) in [5, 5.41) is 0. The molecule has 0 aliphatic rings. The summed E-state index contributed by atoms with van der Waals surface area (Å²) in [4.78, 5) is 14.0. The summed E-state index contributed by atoms with van der Waals surface area (Å²) in [5.74, 6) is 0.00731. The Kier molecular flexibility index (Phi) is 5.05. The number of hydrogen-bond acceptors (Lipinski definition) is 3. The van der Waals surface area contributed by atoms with Crippen LogP contribution in [-0.2, 0) is 0 Å². The van der Waals surface area contributed by atoms with Crippen LogP contribution in [0, 0.1) is 0 Å². The van der Waals surface area contributed by atoms with Gasteiger partial charge in [0, 0.05) is 19.1 Å². The van der Waals surface area contributed by atoms with Gasteiger partial charge in [0.25, 0.3) is 5.91 Å². The highest BCUT2D eigenvalue weighted by atomic mass is 16.3. The maximum atomic E-state index is 12.2. The molecule has 0 saturated carbocycles. The number of carbonyl (C=O) groups is 1. The van der Waals surface area contributed by atoms with E-state index in [0.29, 0.717) is 18.7 Å². The Morgan fingerprint density at radius 2 is 2.19 bits per heavy atom. The van der Waals surface area contributed by atoms with Gasteiger partial charge in [0.05, 0.1) is 11.8 Å². The average Bonchev–Trinajstić information content (AvgIpc) is 2.82. The molecule has 1 aromatic heterocycles. The van der Waals surface area contributed by atoms with Gasteiger partial charge < -0.3 is 15.1 Å². The highest BCUT2D eigenvalue weighted by Gasteiger charge is 2.22. The lowest BCUT2D eigenvalue weighted by Gasteiger charge is -2.29. The molecular formula is C12H20N2O2. The first-order chi connectivity index (χ1) is 7.74. The molecule has 0 spiro atoms. The lowest BCUT2D eigenvalue weighted by molar-refractivity contribution is 0.0673. The third-order valence-corrected chi connectivity index (χ3v) is 2.78. The first-order valence-corrected chi connectivity index (χ1v) is 5.77. The number of rotatable bonds is 6. The van der Waals surface area contributed by atoms with Gasteiger partial charge in [-0.25, -0.2) is 0 Å². The molecule has 0 aliphatic heterocycles. The standard InChI is InChI=1S/C12H20N2O2/c1-3-11(4-2)14(7-6-13)12(15)10-5-8-16-9-10/h5,8-9,11H,3-4,6-7,13H2,1-2H3. The first kappa shape index (κ1) is 12.8. The number of hydrogen-bond donors (Lipinski definition) is 1. The summed E-state index contributed by atoms with van der Waals surface area (Å²) in [7, 11) is 0. The minimum absolute atomic E-state index is 0.00731. The number of nitrogens with zero attached hydrogens (tertiary/aromatic N) is 1. The van der Waals surface area contributed by atoms with Crippen molar-refractivity contribution in [1.82, 2.24) is 4.90 Å². The van der Waals surface area contributed by atoms with Crippen molar-refractivity contribution in [2.75, 3.05) is 13.1 Å². The first-order valence-electron chi connectivity index (χ1n) is 5.77. The van der Waals surface area contributed by atoms with Gasteiger partial charge in [0.1, 0.15) is 6.26 Å². The largest absolute Gasteiger partial charge is 0.472 e. The number of carbonyl (C=O) groups excluding carboxylic acids is 1. The number of amides is 1. The van der Waals surface area contributed by atoms with Crippen molar-refractivity contribution < 1.29 is 9.21 Å². The molecule has 90 valence electrons. The van der Waals surface area contributed by atoms with Crippen molar-refractivity contribution in [3.8, 4) is 0 Å². The third-order valence-electron chi connectivity index (χ3n) is 2.78. The molecule has 16 heavy (non-hydrogen) atoms. The Balaban J connectivity index is 2.80. The Bertz CT molecular complexity index is 305. The van der Waals surface area contributed by atoms with E-state index in [-0.39, 0.29) is 11.9 Å². The molecule has 0 saturated heterocycles. The zero-order valence-corrected chi connectivity index (χ0v) is 9.98. The topological polar surface area (TPSA) is 59.5 Å². The molecule has 0 radical (unpaired) electrons. The van der Waals surface area contributed by atoms with E-state index in [1.807, 2.05) is 4.90 Å². The van der Waals surface area contributed by atoms with E-state index in [1.165, 1.54) is 12.5 Å². The van der Waals surface area contributed by atoms with Gasteiger partial charge in [0.15, 0.2) is 0 Å². The normalized spacial score (nSPS) is 10.8. The summed E-state index contributed by atoms with van der Waals surface area (Å²) >= 11 is 0. The van der Waals surface area contributed by atoms with Crippen molar-refractivity contribution in [2.24, 2.45) is 5.73 Å². The van der Waals surface area contributed by atoms with Crippen LogP contribution in [0.1, 0.15) is 37.0 Å². The Hall–Kier alpha value is -1.29. The van der Waals surface area contributed by atoms with Crippen molar-refractivity contribution >= 4 is 5.91 Å². The fraction of sp³-hybridized carbons (Fsp3) is 0.583. The van der Waals surface area contributed by atoms with Crippen LogP contribution in [0.2, 0.25) is 0 Å². The molecule has 0 atom stereocenters. The van der Waals surface area contributed by atoms with Crippen LogP contribution >= 0.6 is 0 Å². The number of furan rings is 1. The molecule has 4 nitrogen and oxygen atoms in total. The molecule has 1 aromatic rings. The lowest BCUT2D eigenvalue weighted by atomic mass is 10.1. The molecule has 1 heterocycles. The van der Waals surface area contributed by atoms with Gasteiger partial charge in [-0.15, -0.1) is 0 Å². The molecule has 0 aliphatic carbocycles. The zero-order chi connectivity index (χ0) is 12.0. The second-order valence-electron chi connectivity index (χ2n) is 3.77. The average molecular weight is 224 g/mol. The quantitative estimate of drug-likeness (QED) is 0.802. The van der Waals surface area contributed by atoms with Crippen LogP contribution in [0.5, 0.6) is 0 Å². The molecule has 1 rings (SSSR count). The van der Waals surface area contributed by atoms with Gasteiger partial charge in [0.2, 0.25) is 0 Å². The van der Waals surface area contributed by atoms with E-state index in [0.717, 1.165) is 12.8 Å². The minimum Gasteiger partial charge on any atom is -0.472 e. The minimum atomic E-state index is 0.00731. The van der Waals surface area contributed by atoms with Crippen molar-refractivity contribution in [1.29, 1.82) is 0 Å². The van der Waals surface area contributed by atoms with Crippen molar-refractivity contribution in [3.05, 3.63) is 24.2 Å². The smallest absolute Gasteiger partial charge is 0.257 e. The molecule has 0 aromatic carbocycles. The molecule has 0 unspecified atom stereocenters. The zero-order valence-electron chi connectivity index (χ0n) is 9.98.